The van der Waals surface area contributed by atoms with Crippen LogP contribution in [-0.2, 0) is 6.42 Å². The summed E-state index contributed by atoms with van der Waals surface area (Å²) in [6, 6.07) is 19.1. The molecule has 88 valence electrons. The summed E-state index contributed by atoms with van der Waals surface area (Å²) >= 11 is -0.00859. The molecule has 2 heteroatoms. The fraction of sp³-hybridized carbons (Fsp3) is 0.200. The fourth-order valence-corrected chi connectivity index (χ4v) is 4.14. The van der Waals surface area contributed by atoms with Gasteiger partial charge in [0.25, 0.3) is 0 Å². The molecular formula is C15H17AsO. The minimum absolute atomic E-state index is 0.00859. The van der Waals surface area contributed by atoms with Crippen molar-refractivity contribution in [3.05, 3.63) is 60.2 Å². The Bertz CT molecular complexity index is 453. The van der Waals surface area contributed by atoms with Crippen LogP contribution < -0.4 is 9.09 Å². The van der Waals surface area contributed by atoms with E-state index in [1.54, 1.807) is 7.11 Å². The zero-order chi connectivity index (χ0) is 11.9. The van der Waals surface area contributed by atoms with Gasteiger partial charge < -0.3 is 0 Å². The number of aryl methyl sites for hydroxylation is 1. The minimum atomic E-state index is -0.00859. The van der Waals surface area contributed by atoms with Gasteiger partial charge in [0.05, 0.1) is 0 Å². The monoisotopic (exact) mass is 288 g/mol. The van der Waals surface area contributed by atoms with Crippen molar-refractivity contribution in [3.63, 3.8) is 0 Å². The third-order valence-electron chi connectivity index (χ3n) is 2.69. The van der Waals surface area contributed by atoms with Crippen molar-refractivity contribution < 1.29 is 4.74 Å². The molecule has 0 spiro atoms. The second kappa shape index (κ2) is 6.51. The summed E-state index contributed by atoms with van der Waals surface area (Å²) in [6.07, 6.45) is 1.12. The third-order valence-corrected chi connectivity index (χ3v) is 5.29. The number of hydrogen-bond acceptors (Lipinski definition) is 1. The van der Waals surface area contributed by atoms with Gasteiger partial charge in [-0.3, -0.25) is 0 Å². The van der Waals surface area contributed by atoms with Crippen molar-refractivity contribution in [2.45, 2.75) is 11.6 Å². The molecule has 1 unspecified atom stereocenters. The Hall–Kier alpha value is -1.20. The predicted molar refractivity (Wildman–Crippen MR) is 74.7 cm³/mol. The van der Waals surface area contributed by atoms with Crippen LogP contribution in [0.3, 0.4) is 0 Å². The molecule has 0 amide bonds. The molecule has 0 fully saturated rings. The second-order valence-electron chi connectivity index (χ2n) is 3.85. The molecule has 0 radical (unpaired) electrons. The molecular weight excluding hydrogens is 271 g/mol. The molecule has 2 rings (SSSR count). The quantitative estimate of drug-likeness (QED) is 0.768. The van der Waals surface area contributed by atoms with Gasteiger partial charge in [0.1, 0.15) is 0 Å². The summed E-state index contributed by atoms with van der Waals surface area (Å²) < 4.78 is 6.89. The molecule has 1 atom stereocenters. The van der Waals surface area contributed by atoms with Gasteiger partial charge >= 0.3 is 109 Å². The number of benzene rings is 2. The zero-order valence-corrected chi connectivity index (χ0v) is 12.1. The summed E-state index contributed by atoms with van der Waals surface area (Å²) in [5.41, 5.74) is 1.33. The van der Waals surface area contributed by atoms with Crippen LogP contribution in [0.25, 0.3) is 0 Å². The van der Waals surface area contributed by atoms with E-state index in [4.69, 9.17) is 4.74 Å². The Morgan fingerprint density at radius 1 is 0.941 bits per heavy atom. The van der Waals surface area contributed by atoms with Gasteiger partial charge in [-0.2, -0.15) is 0 Å². The number of methoxy groups -OCH3 is 1. The molecule has 0 saturated heterocycles. The van der Waals surface area contributed by atoms with E-state index in [0.29, 0.717) is 0 Å². The van der Waals surface area contributed by atoms with E-state index in [0.717, 1.165) is 12.2 Å². The molecule has 0 heterocycles. The summed E-state index contributed by atoms with van der Waals surface area (Å²) in [4.78, 5) is 0. The van der Waals surface area contributed by atoms with Crippen molar-refractivity contribution in [1.29, 1.82) is 0 Å². The zero-order valence-electron chi connectivity index (χ0n) is 10.0. The van der Waals surface area contributed by atoms with Gasteiger partial charge in [-0.15, -0.1) is 0 Å². The Kier molecular flexibility index (Phi) is 4.70. The van der Waals surface area contributed by atoms with Crippen molar-refractivity contribution >= 4 is 20.1 Å². The number of ether oxygens (including phenoxy) is 1. The van der Waals surface area contributed by atoms with Crippen LogP contribution in [0.2, 0.25) is 5.21 Å². The van der Waals surface area contributed by atoms with Gasteiger partial charge in [0, 0.05) is 0 Å². The van der Waals surface area contributed by atoms with Crippen LogP contribution in [0.4, 0.5) is 0 Å². The normalized spacial score (nSPS) is 10.9. The van der Waals surface area contributed by atoms with Crippen molar-refractivity contribution in [2.75, 3.05) is 7.11 Å². The molecule has 2 aromatic carbocycles. The van der Waals surface area contributed by atoms with E-state index < -0.39 is 0 Å². The van der Waals surface area contributed by atoms with Gasteiger partial charge in [0.2, 0.25) is 0 Å². The topological polar surface area (TPSA) is 9.23 Å². The van der Waals surface area contributed by atoms with E-state index in [1.807, 2.05) is 12.1 Å². The van der Waals surface area contributed by atoms with Crippen LogP contribution in [0.1, 0.15) is 5.56 Å². The second-order valence-corrected chi connectivity index (χ2v) is 6.86. The van der Waals surface area contributed by atoms with Crippen LogP contribution in [0.15, 0.2) is 54.6 Å². The van der Waals surface area contributed by atoms with Crippen molar-refractivity contribution in [3.8, 4) is 5.75 Å². The summed E-state index contributed by atoms with van der Waals surface area (Å²) in [6.45, 7) is 0. The van der Waals surface area contributed by atoms with Crippen molar-refractivity contribution in [2.24, 2.45) is 0 Å². The van der Waals surface area contributed by atoms with E-state index in [1.165, 1.54) is 15.1 Å². The Morgan fingerprint density at radius 3 is 2.41 bits per heavy atom. The average molecular weight is 288 g/mol. The van der Waals surface area contributed by atoms with Crippen LogP contribution in [-0.4, -0.2) is 22.9 Å². The van der Waals surface area contributed by atoms with Gasteiger partial charge in [-0.1, -0.05) is 0 Å². The van der Waals surface area contributed by atoms with Gasteiger partial charge in [-0.05, 0) is 0 Å². The van der Waals surface area contributed by atoms with Crippen molar-refractivity contribution in [1.82, 2.24) is 0 Å². The van der Waals surface area contributed by atoms with E-state index in [2.05, 4.69) is 42.5 Å². The molecule has 0 saturated carbocycles. The molecule has 2 aromatic rings. The van der Waals surface area contributed by atoms with Crippen LogP contribution >= 0.6 is 0 Å². The number of rotatable bonds is 5. The summed E-state index contributed by atoms with van der Waals surface area (Å²) in [7, 11) is 1.74. The fourth-order valence-electron chi connectivity index (χ4n) is 1.81. The van der Waals surface area contributed by atoms with Crippen LogP contribution in [0.5, 0.6) is 5.75 Å². The Balaban J connectivity index is 1.90. The molecule has 17 heavy (non-hydrogen) atoms. The van der Waals surface area contributed by atoms with Crippen LogP contribution in [0, 0.1) is 0 Å². The number of hydrogen-bond donors (Lipinski definition) is 0. The first-order chi connectivity index (χ1) is 8.40. The molecule has 0 N–H and O–H groups in total. The molecule has 0 aliphatic carbocycles. The van der Waals surface area contributed by atoms with Gasteiger partial charge in [-0.25, -0.2) is 0 Å². The maximum absolute atomic E-state index is 5.36. The molecule has 0 bridgehead atoms. The van der Waals surface area contributed by atoms with E-state index >= 15 is 0 Å². The SMILES string of the molecule is COc1ccccc1CC[AsH]c1ccccc1. The molecule has 0 aliphatic rings. The predicted octanol–water partition coefficient (Wildman–Crippen LogP) is 2.42. The van der Waals surface area contributed by atoms with E-state index in [9.17, 15) is 0 Å². The molecule has 0 aliphatic heterocycles. The van der Waals surface area contributed by atoms with Gasteiger partial charge in [0.15, 0.2) is 0 Å². The standard InChI is InChI=1S/C15H17AsO/c1-17-15-10-6-5-7-13(15)11-12-16-14-8-3-2-4-9-14/h2-10,16H,11-12H2,1H3. The number of para-hydroxylation sites is 1. The third kappa shape index (κ3) is 3.64. The first-order valence-corrected chi connectivity index (χ1v) is 8.34. The molecule has 1 nitrogen and oxygen atoms in total. The summed E-state index contributed by atoms with van der Waals surface area (Å²) in [5.74, 6) is 1.02. The molecule has 0 aromatic heterocycles. The first-order valence-electron chi connectivity index (χ1n) is 5.81. The van der Waals surface area contributed by atoms with E-state index in [-0.39, 0.29) is 15.8 Å². The Morgan fingerprint density at radius 2 is 1.65 bits per heavy atom. The summed E-state index contributed by atoms with van der Waals surface area (Å²) in [5, 5.41) is 1.28. The Labute approximate surface area is 110 Å². The maximum atomic E-state index is 5.36. The average Bonchev–Trinajstić information content (AvgIpc) is 2.40. The first kappa shape index (κ1) is 12.3.